The van der Waals surface area contributed by atoms with Crippen LogP contribution < -0.4 is 5.32 Å². The van der Waals surface area contributed by atoms with Crippen LogP contribution in [-0.4, -0.2) is 37.4 Å². The number of nitrogens with one attached hydrogen (secondary N) is 1. The highest BCUT2D eigenvalue weighted by molar-refractivity contribution is 7.91. The first-order valence-corrected chi connectivity index (χ1v) is 8.83. The number of aryl methyl sites for hydroxylation is 1. The van der Waals surface area contributed by atoms with Crippen LogP contribution in [0.25, 0.3) is 0 Å². The van der Waals surface area contributed by atoms with Gasteiger partial charge in [-0.25, -0.2) is 8.42 Å². The highest BCUT2D eigenvalue weighted by atomic mass is 35.5. The lowest BCUT2D eigenvalue weighted by molar-refractivity contribution is -0.121. The van der Waals surface area contributed by atoms with Gasteiger partial charge in [0, 0.05) is 13.1 Å². The van der Waals surface area contributed by atoms with Gasteiger partial charge in [0.25, 0.3) is 10.0 Å². The molecule has 10 heteroatoms. The molecule has 0 atom stereocenters. The molecule has 0 spiro atoms. The number of hydrogen-bond acceptors (Lipinski definition) is 6. The molecule has 7 nitrogen and oxygen atoms in total. The number of hydrogen-bond donors (Lipinski definition) is 1. The maximum absolute atomic E-state index is 12.2. The minimum atomic E-state index is -3.72. The average Bonchev–Trinajstić information content (AvgIpc) is 3.05. The molecule has 2 rings (SSSR count). The van der Waals surface area contributed by atoms with Gasteiger partial charge in [-0.15, -0.1) is 11.3 Å². The topological polar surface area (TPSA) is 92.5 Å². The summed E-state index contributed by atoms with van der Waals surface area (Å²) in [5.41, 5.74) is 0.707. The summed E-state index contributed by atoms with van der Waals surface area (Å²) in [6.45, 7) is 1.62. The van der Waals surface area contributed by atoms with Crippen molar-refractivity contribution >= 4 is 38.9 Å². The molecule has 0 unspecified atom stereocenters. The fourth-order valence-electron chi connectivity index (χ4n) is 1.62. The Hall–Kier alpha value is -1.42. The van der Waals surface area contributed by atoms with Crippen molar-refractivity contribution < 1.29 is 17.7 Å². The molecule has 120 valence electrons. The molecule has 0 aromatic carbocycles. The highest BCUT2D eigenvalue weighted by Gasteiger charge is 2.24. The summed E-state index contributed by atoms with van der Waals surface area (Å²) in [7, 11) is -2.39. The molecule has 0 saturated carbocycles. The summed E-state index contributed by atoms with van der Waals surface area (Å²) in [5.74, 6) is 0.0594. The van der Waals surface area contributed by atoms with Crippen molar-refractivity contribution in [2.45, 2.75) is 17.7 Å². The third-order valence-corrected chi connectivity index (χ3v) is 6.22. The summed E-state index contributed by atoms with van der Waals surface area (Å²) in [6, 6.07) is 4.60. The van der Waals surface area contributed by atoms with E-state index in [0.717, 1.165) is 15.6 Å². The number of nitrogens with zero attached hydrogens (tertiary/aromatic N) is 2. The zero-order valence-corrected chi connectivity index (χ0v) is 14.3. The second-order valence-electron chi connectivity index (χ2n) is 4.53. The average molecular weight is 364 g/mol. The van der Waals surface area contributed by atoms with Crippen LogP contribution in [0.5, 0.6) is 0 Å². The van der Waals surface area contributed by atoms with E-state index in [9.17, 15) is 13.2 Å². The molecule has 0 aliphatic heterocycles. The molecule has 0 radical (unpaired) electrons. The molecule has 0 aliphatic carbocycles. The zero-order valence-electron chi connectivity index (χ0n) is 11.9. The first-order chi connectivity index (χ1) is 10.3. The first kappa shape index (κ1) is 16.9. The van der Waals surface area contributed by atoms with Crippen molar-refractivity contribution in [2.24, 2.45) is 0 Å². The molecule has 0 bridgehead atoms. The van der Waals surface area contributed by atoms with Crippen LogP contribution in [0, 0.1) is 6.92 Å². The fraction of sp³-hybridized carbons (Fsp3) is 0.333. The van der Waals surface area contributed by atoms with Gasteiger partial charge in [0.1, 0.15) is 4.21 Å². The summed E-state index contributed by atoms with van der Waals surface area (Å²) in [4.78, 5) is 11.8. The molecule has 0 fully saturated rings. The number of aromatic nitrogens is 1. The van der Waals surface area contributed by atoms with Gasteiger partial charge >= 0.3 is 0 Å². The Morgan fingerprint density at radius 3 is 2.77 bits per heavy atom. The number of halogens is 1. The maximum Gasteiger partial charge on any atom is 0.252 e. The lowest BCUT2D eigenvalue weighted by Gasteiger charge is -2.15. The van der Waals surface area contributed by atoms with Gasteiger partial charge in [0.05, 0.1) is 23.1 Å². The van der Waals surface area contributed by atoms with Crippen molar-refractivity contribution in [1.82, 2.24) is 14.8 Å². The van der Waals surface area contributed by atoms with Crippen LogP contribution in [0.2, 0.25) is 4.34 Å². The summed E-state index contributed by atoms with van der Waals surface area (Å²) in [5, 5.41) is 6.26. The number of thiophene rings is 1. The van der Waals surface area contributed by atoms with Crippen LogP contribution in [0.15, 0.2) is 26.9 Å². The van der Waals surface area contributed by atoms with Gasteiger partial charge in [-0.1, -0.05) is 16.8 Å². The molecule has 22 heavy (non-hydrogen) atoms. The van der Waals surface area contributed by atoms with Gasteiger partial charge in [0.15, 0.2) is 5.76 Å². The number of likely N-dealkylation sites (N-methyl/N-ethyl adjacent to an activating group) is 1. The minimum Gasteiger partial charge on any atom is -0.359 e. The Morgan fingerprint density at radius 1 is 1.50 bits per heavy atom. The molecule has 0 saturated heterocycles. The zero-order chi connectivity index (χ0) is 16.3. The third kappa shape index (κ3) is 4.07. The van der Waals surface area contributed by atoms with Gasteiger partial charge in [0.2, 0.25) is 5.91 Å². The maximum atomic E-state index is 12.2. The van der Waals surface area contributed by atoms with Crippen molar-refractivity contribution in [3.8, 4) is 0 Å². The van der Waals surface area contributed by atoms with Crippen LogP contribution in [0.1, 0.15) is 11.5 Å². The molecule has 2 aromatic heterocycles. The smallest absolute Gasteiger partial charge is 0.252 e. The van der Waals surface area contributed by atoms with E-state index < -0.39 is 15.9 Å². The van der Waals surface area contributed by atoms with Crippen molar-refractivity contribution in [2.75, 3.05) is 13.6 Å². The quantitative estimate of drug-likeness (QED) is 0.842. The van der Waals surface area contributed by atoms with Crippen LogP contribution >= 0.6 is 22.9 Å². The highest BCUT2D eigenvalue weighted by Crippen LogP contribution is 2.27. The van der Waals surface area contributed by atoms with E-state index in [4.69, 9.17) is 16.1 Å². The fourth-order valence-corrected chi connectivity index (χ4v) is 4.44. The SMILES string of the molecule is Cc1cc(CNC(=O)CN(C)S(=O)(=O)c2ccc(Cl)s2)on1. The molecule has 1 N–H and O–H groups in total. The van der Waals surface area contributed by atoms with E-state index >= 15 is 0 Å². The van der Waals surface area contributed by atoms with Gasteiger partial charge < -0.3 is 9.84 Å². The van der Waals surface area contributed by atoms with Gasteiger partial charge in [-0.3, -0.25) is 4.79 Å². The van der Waals surface area contributed by atoms with Crippen LogP contribution in [-0.2, 0) is 21.4 Å². The molecule has 0 aliphatic rings. The number of rotatable bonds is 6. The van der Waals surface area contributed by atoms with E-state index in [1.165, 1.54) is 19.2 Å². The second-order valence-corrected chi connectivity index (χ2v) is 8.52. The van der Waals surface area contributed by atoms with E-state index in [1.807, 2.05) is 0 Å². The molecular formula is C12H14ClN3O4S2. The second kappa shape index (κ2) is 6.78. The largest absolute Gasteiger partial charge is 0.359 e. The number of sulfonamides is 1. The van der Waals surface area contributed by atoms with Crippen molar-refractivity contribution in [1.29, 1.82) is 0 Å². The van der Waals surface area contributed by atoms with Crippen LogP contribution in [0.4, 0.5) is 0 Å². The molecule has 1 amide bonds. The molecular weight excluding hydrogens is 350 g/mol. The Kier molecular flexibility index (Phi) is 5.22. The summed E-state index contributed by atoms with van der Waals surface area (Å²) < 4.78 is 30.8. The van der Waals surface area contributed by atoms with Gasteiger partial charge in [-0.05, 0) is 19.1 Å². The van der Waals surface area contributed by atoms with Crippen LogP contribution in [0.3, 0.4) is 0 Å². The lowest BCUT2D eigenvalue weighted by Crippen LogP contribution is -2.37. The number of amides is 1. The Balaban J connectivity index is 1.93. The predicted octanol–water partition coefficient (Wildman–Crippen LogP) is 1.63. The lowest BCUT2D eigenvalue weighted by atomic mass is 10.4. The Labute approximate surface area is 136 Å². The Bertz CT molecular complexity index is 769. The van der Waals surface area contributed by atoms with Crippen molar-refractivity contribution in [3.63, 3.8) is 0 Å². The monoisotopic (exact) mass is 363 g/mol. The number of carbonyl (C=O) groups is 1. The normalized spacial score (nSPS) is 11.8. The minimum absolute atomic E-state index is 0.0960. The van der Waals surface area contributed by atoms with E-state index in [-0.39, 0.29) is 17.3 Å². The predicted molar refractivity (Wildman–Crippen MR) is 82.2 cm³/mol. The van der Waals surface area contributed by atoms with E-state index in [1.54, 1.807) is 13.0 Å². The third-order valence-electron chi connectivity index (χ3n) is 2.72. The summed E-state index contributed by atoms with van der Waals surface area (Å²) >= 11 is 6.68. The van der Waals surface area contributed by atoms with Gasteiger partial charge in [-0.2, -0.15) is 4.31 Å². The van der Waals surface area contributed by atoms with E-state index in [2.05, 4.69) is 10.5 Å². The number of carbonyl (C=O) groups excluding carboxylic acids is 1. The molecule has 2 heterocycles. The van der Waals surface area contributed by atoms with Crippen molar-refractivity contribution in [3.05, 3.63) is 34.0 Å². The summed E-state index contributed by atoms with van der Waals surface area (Å²) in [6.07, 6.45) is 0. The molecule has 2 aromatic rings. The Morgan fingerprint density at radius 2 is 2.23 bits per heavy atom. The first-order valence-electron chi connectivity index (χ1n) is 6.19. The standard InChI is InChI=1S/C12H14ClN3O4S2/c1-8-5-9(20-15-8)6-14-11(17)7-16(2)22(18,19)12-4-3-10(13)21-12/h3-5H,6-7H2,1-2H3,(H,14,17). The van der Waals surface area contributed by atoms with E-state index in [0.29, 0.717) is 15.8 Å².